The Balaban J connectivity index is 1.69. The first kappa shape index (κ1) is 24.3. The second-order valence-electron chi connectivity index (χ2n) is 9.21. The number of aryl methyl sites for hydroxylation is 1. The van der Waals surface area contributed by atoms with Crippen molar-refractivity contribution in [2.45, 2.75) is 83.8 Å². The summed E-state index contributed by atoms with van der Waals surface area (Å²) in [5.41, 5.74) is 3.35. The fourth-order valence-electron chi connectivity index (χ4n) is 4.27. The van der Waals surface area contributed by atoms with Crippen molar-refractivity contribution in [2.75, 3.05) is 0 Å². The van der Waals surface area contributed by atoms with Gasteiger partial charge in [0.05, 0.1) is 0 Å². The van der Waals surface area contributed by atoms with Gasteiger partial charge in [-0.05, 0) is 60.9 Å². The highest BCUT2D eigenvalue weighted by Crippen LogP contribution is 2.20. The zero-order chi connectivity index (χ0) is 23.1. The number of hydrogen-bond donors (Lipinski definition) is 1. The van der Waals surface area contributed by atoms with Gasteiger partial charge < -0.3 is 10.2 Å². The molecule has 0 bridgehead atoms. The van der Waals surface area contributed by atoms with Crippen LogP contribution in [0.15, 0.2) is 48.5 Å². The quantitative estimate of drug-likeness (QED) is 0.514. The van der Waals surface area contributed by atoms with E-state index in [1.165, 1.54) is 5.56 Å². The minimum Gasteiger partial charge on any atom is -0.352 e. The van der Waals surface area contributed by atoms with Crippen molar-refractivity contribution >= 4 is 23.4 Å². The molecule has 172 valence electrons. The molecule has 0 spiro atoms. The van der Waals surface area contributed by atoms with Crippen LogP contribution in [0.4, 0.5) is 0 Å². The van der Waals surface area contributed by atoms with Crippen LogP contribution >= 0.6 is 11.6 Å². The molecule has 2 aromatic carbocycles. The summed E-state index contributed by atoms with van der Waals surface area (Å²) in [5, 5.41) is 3.77. The number of nitrogens with one attached hydrogen (secondary N) is 1. The first-order valence-electron chi connectivity index (χ1n) is 11.8. The Morgan fingerprint density at radius 2 is 1.72 bits per heavy atom. The zero-order valence-electron chi connectivity index (χ0n) is 19.4. The van der Waals surface area contributed by atoms with Gasteiger partial charge in [0.25, 0.3) is 0 Å². The minimum atomic E-state index is -0.537. The predicted molar refractivity (Wildman–Crippen MR) is 131 cm³/mol. The van der Waals surface area contributed by atoms with E-state index in [1.807, 2.05) is 31.2 Å². The van der Waals surface area contributed by atoms with Crippen LogP contribution in [0.2, 0.25) is 5.02 Å². The third kappa shape index (κ3) is 6.83. The van der Waals surface area contributed by atoms with Crippen molar-refractivity contribution in [3.05, 3.63) is 70.2 Å². The lowest BCUT2D eigenvalue weighted by atomic mass is 10.00. The lowest BCUT2D eigenvalue weighted by molar-refractivity contribution is -0.140. The number of carbonyl (C=O) groups excluding carboxylic acids is 2. The maximum atomic E-state index is 13.3. The molecule has 2 amide bonds. The number of amides is 2. The van der Waals surface area contributed by atoms with Crippen molar-refractivity contribution < 1.29 is 9.59 Å². The van der Waals surface area contributed by atoms with Gasteiger partial charge in [-0.3, -0.25) is 9.59 Å². The van der Waals surface area contributed by atoms with Crippen molar-refractivity contribution in [2.24, 2.45) is 0 Å². The summed E-state index contributed by atoms with van der Waals surface area (Å²) in [5.74, 6) is 0.388. The molecule has 1 N–H and O–H groups in total. The largest absolute Gasteiger partial charge is 0.352 e. The third-order valence-electron chi connectivity index (χ3n) is 6.38. The second-order valence-corrected chi connectivity index (χ2v) is 9.65. The lowest BCUT2D eigenvalue weighted by Crippen LogP contribution is -2.49. The Morgan fingerprint density at radius 1 is 1.03 bits per heavy atom. The van der Waals surface area contributed by atoms with E-state index in [1.54, 1.807) is 4.90 Å². The maximum Gasteiger partial charge on any atom is 0.242 e. The molecule has 0 heterocycles. The Morgan fingerprint density at radius 3 is 2.34 bits per heavy atom. The molecule has 5 heteroatoms. The standard InChI is InChI=1S/C27H35ClN2O2/c1-19(2)23-14-11-21(12-15-23)13-16-26(31)30(18-22-7-6-8-24(28)17-22)20(3)27(32)29-25-9-4-5-10-25/h6-8,11-12,14-15,17,19-20,25H,4-5,9-10,13,16,18H2,1-3H3,(H,29,32)/t20-/m1/s1. The molecule has 0 radical (unpaired) electrons. The average Bonchev–Trinajstić information content (AvgIpc) is 3.28. The van der Waals surface area contributed by atoms with E-state index in [-0.39, 0.29) is 17.9 Å². The van der Waals surface area contributed by atoms with E-state index in [9.17, 15) is 9.59 Å². The van der Waals surface area contributed by atoms with Gasteiger partial charge in [-0.15, -0.1) is 0 Å². The lowest BCUT2D eigenvalue weighted by Gasteiger charge is -2.30. The molecule has 0 aliphatic heterocycles. The first-order valence-corrected chi connectivity index (χ1v) is 12.1. The van der Waals surface area contributed by atoms with E-state index in [0.29, 0.717) is 30.3 Å². The molecule has 32 heavy (non-hydrogen) atoms. The third-order valence-corrected chi connectivity index (χ3v) is 6.62. The average molecular weight is 455 g/mol. The number of rotatable bonds is 9. The molecular weight excluding hydrogens is 420 g/mol. The van der Waals surface area contributed by atoms with E-state index < -0.39 is 6.04 Å². The number of hydrogen-bond acceptors (Lipinski definition) is 2. The molecule has 0 unspecified atom stereocenters. The van der Waals surface area contributed by atoms with Crippen LogP contribution in [0.1, 0.15) is 75.5 Å². The molecule has 3 rings (SSSR count). The highest BCUT2D eigenvalue weighted by molar-refractivity contribution is 6.30. The second kappa shape index (κ2) is 11.5. The summed E-state index contributed by atoms with van der Waals surface area (Å²) < 4.78 is 0. The van der Waals surface area contributed by atoms with Crippen molar-refractivity contribution in [3.63, 3.8) is 0 Å². The van der Waals surface area contributed by atoms with Crippen LogP contribution in [-0.2, 0) is 22.6 Å². The van der Waals surface area contributed by atoms with Crippen LogP contribution < -0.4 is 5.32 Å². The predicted octanol–water partition coefficient (Wildman–Crippen LogP) is 5.87. The fourth-order valence-corrected chi connectivity index (χ4v) is 4.48. The number of carbonyl (C=O) groups is 2. The molecule has 1 saturated carbocycles. The summed E-state index contributed by atoms with van der Waals surface area (Å²) in [6.07, 6.45) is 5.36. The van der Waals surface area contributed by atoms with Crippen molar-refractivity contribution in [3.8, 4) is 0 Å². The van der Waals surface area contributed by atoms with Gasteiger partial charge >= 0.3 is 0 Å². The summed E-state index contributed by atoms with van der Waals surface area (Å²) in [6.45, 7) is 6.53. The first-order chi connectivity index (χ1) is 15.3. The Kier molecular flexibility index (Phi) is 8.75. The summed E-state index contributed by atoms with van der Waals surface area (Å²) in [6, 6.07) is 15.6. The number of benzene rings is 2. The number of nitrogens with zero attached hydrogens (tertiary/aromatic N) is 1. The van der Waals surface area contributed by atoms with Gasteiger partial charge in [-0.2, -0.15) is 0 Å². The van der Waals surface area contributed by atoms with Gasteiger partial charge in [-0.25, -0.2) is 0 Å². The van der Waals surface area contributed by atoms with E-state index in [2.05, 4.69) is 43.4 Å². The zero-order valence-corrected chi connectivity index (χ0v) is 20.2. The van der Waals surface area contributed by atoms with Crippen molar-refractivity contribution in [1.82, 2.24) is 10.2 Å². The highest BCUT2D eigenvalue weighted by Gasteiger charge is 2.28. The van der Waals surface area contributed by atoms with Crippen LogP contribution in [0.3, 0.4) is 0 Å². The topological polar surface area (TPSA) is 49.4 Å². The summed E-state index contributed by atoms with van der Waals surface area (Å²) in [7, 11) is 0. The Hall–Kier alpha value is -2.33. The van der Waals surface area contributed by atoms with Gasteiger partial charge in [0.2, 0.25) is 11.8 Å². The molecule has 0 saturated heterocycles. The smallest absolute Gasteiger partial charge is 0.242 e. The van der Waals surface area contributed by atoms with E-state index in [0.717, 1.165) is 36.8 Å². The Bertz CT molecular complexity index is 904. The monoisotopic (exact) mass is 454 g/mol. The molecule has 1 fully saturated rings. The molecular formula is C27H35ClN2O2. The van der Waals surface area contributed by atoms with Crippen LogP contribution in [0, 0.1) is 0 Å². The van der Waals surface area contributed by atoms with E-state index >= 15 is 0 Å². The van der Waals surface area contributed by atoms with Crippen LogP contribution in [0.25, 0.3) is 0 Å². The fraction of sp³-hybridized carbons (Fsp3) is 0.481. The van der Waals surface area contributed by atoms with Crippen LogP contribution in [0.5, 0.6) is 0 Å². The van der Waals surface area contributed by atoms with E-state index in [4.69, 9.17) is 11.6 Å². The summed E-state index contributed by atoms with van der Waals surface area (Å²) in [4.78, 5) is 27.9. The molecule has 1 aliphatic carbocycles. The molecule has 1 aliphatic rings. The summed E-state index contributed by atoms with van der Waals surface area (Å²) >= 11 is 6.16. The minimum absolute atomic E-state index is 0.0213. The van der Waals surface area contributed by atoms with Crippen molar-refractivity contribution in [1.29, 1.82) is 0 Å². The van der Waals surface area contributed by atoms with Gasteiger partial charge in [0.1, 0.15) is 6.04 Å². The molecule has 0 aromatic heterocycles. The molecule has 2 aromatic rings. The SMILES string of the molecule is CC(C)c1ccc(CCC(=O)N(Cc2cccc(Cl)c2)[C@H](C)C(=O)NC2CCCC2)cc1. The maximum absolute atomic E-state index is 13.3. The van der Waals surface area contributed by atoms with Gasteiger partial charge in [0, 0.05) is 24.0 Å². The molecule has 1 atom stereocenters. The molecule has 4 nitrogen and oxygen atoms in total. The van der Waals surface area contributed by atoms with Gasteiger partial charge in [0.15, 0.2) is 0 Å². The van der Waals surface area contributed by atoms with Gasteiger partial charge in [-0.1, -0.05) is 74.7 Å². The normalized spacial score (nSPS) is 15.0. The number of halogens is 1. The highest BCUT2D eigenvalue weighted by atomic mass is 35.5. The Labute approximate surface area is 197 Å². The van der Waals surface area contributed by atoms with Crippen LogP contribution in [-0.4, -0.2) is 28.8 Å².